The fourth-order valence-electron chi connectivity index (χ4n) is 3.40. The number of rotatable bonds is 20. The van der Waals surface area contributed by atoms with E-state index >= 15 is 0 Å². The Kier molecular flexibility index (Phi) is 25.1. The fourth-order valence-corrected chi connectivity index (χ4v) is 3.66. The highest BCUT2D eigenvalue weighted by atomic mass is 35.5. The summed E-state index contributed by atoms with van der Waals surface area (Å²) in [6.45, 7) is 8.04. The molecule has 0 rings (SSSR count). The third-order valence-corrected chi connectivity index (χ3v) is 5.56. The smallest absolute Gasteiger partial charge is 0.0636 e. The minimum atomic E-state index is -0.265. The molecule has 0 spiro atoms. The van der Waals surface area contributed by atoms with Gasteiger partial charge in [-0.15, -0.1) is 24.0 Å². The fraction of sp³-hybridized carbons (Fsp3) is 1.00. The summed E-state index contributed by atoms with van der Waals surface area (Å²) in [5, 5.41) is 12.7. The molecule has 0 aromatic carbocycles. The van der Waals surface area contributed by atoms with Crippen molar-refractivity contribution in [1.82, 2.24) is 5.32 Å². The van der Waals surface area contributed by atoms with Crippen molar-refractivity contribution in [2.45, 2.75) is 129 Å². The Morgan fingerprint density at radius 3 is 1.48 bits per heavy atom. The van der Waals surface area contributed by atoms with Crippen LogP contribution in [0.1, 0.15) is 117 Å². The highest BCUT2D eigenvalue weighted by Gasteiger charge is 2.04. The third kappa shape index (κ3) is 26.5. The normalized spacial score (nSPS) is 13.6. The van der Waals surface area contributed by atoms with Crippen molar-refractivity contribution in [2.75, 3.05) is 13.1 Å². The molecule has 2 unspecified atom stereocenters. The van der Waals surface area contributed by atoms with E-state index in [1.807, 2.05) is 0 Å². The van der Waals surface area contributed by atoms with E-state index in [2.05, 4.69) is 19.2 Å². The van der Waals surface area contributed by atoms with Gasteiger partial charge in [-0.3, -0.25) is 0 Å². The van der Waals surface area contributed by atoms with Crippen LogP contribution in [0.15, 0.2) is 0 Å². The van der Waals surface area contributed by atoms with Crippen LogP contribution in [0.5, 0.6) is 0 Å². The topological polar surface area (TPSA) is 32.3 Å². The van der Waals surface area contributed by atoms with Crippen molar-refractivity contribution in [1.29, 1.82) is 0 Å². The van der Waals surface area contributed by atoms with Crippen molar-refractivity contribution < 1.29 is 5.11 Å². The third-order valence-electron chi connectivity index (χ3n) is 5.12. The Hall–Kier alpha value is 0.500. The molecule has 0 amide bonds. The highest BCUT2D eigenvalue weighted by molar-refractivity contribution is 6.20. The number of aliphatic hydroxyl groups is 1. The maximum atomic E-state index is 9.17. The number of unbranched alkanes of at least 4 members (excludes halogenated alkanes) is 11. The van der Waals surface area contributed by atoms with Gasteiger partial charge < -0.3 is 10.4 Å². The Morgan fingerprint density at radius 1 is 0.667 bits per heavy atom. The van der Waals surface area contributed by atoms with Gasteiger partial charge in [-0.25, -0.2) is 0 Å². The molecular weight excluding hydrogens is 377 g/mol. The van der Waals surface area contributed by atoms with E-state index in [-0.39, 0.29) is 23.9 Å². The molecule has 0 aromatic rings. The van der Waals surface area contributed by atoms with Crippen molar-refractivity contribution >= 4 is 24.0 Å². The zero-order valence-corrected chi connectivity index (χ0v) is 20.1. The van der Waals surface area contributed by atoms with Crippen molar-refractivity contribution in [3.8, 4) is 0 Å². The summed E-state index contributed by atoms with van der Waals surface area (Å²) in [7, 11) is 0. The predicted octanol–water partition coefficient (Wildman–Crippen LogP) is 7.49. The largest absolute Gasteiger partial charge is 0.392 e. The molecule has 2 nitrogen and oxygen atoms in total. The van der Waals surface area contributed by atoms with Crippen molar-refractivity contribution in [3.05, 3.63) is 0 Å². The first-order valence-corrected chi connectivity index (χ1v) is 12.0. The van der Waals surface area contributed by atoms with Gasteiger partial charge in [0.1, 0.15) is 0 Å². The molecule has 166 valence electrons. The second-order valence-electron chi connectivity index (χ2n) is 8.65. The lowest BCUT2D eigenvalue weighted by Crippen LogP contribution is -2.26. The summed E-state index contributed by atoms with van der Waals surface area (Å²) in [5.74, 6) is 0.878. The van der Waals surface area contributed by atoms with Gasteiger partial charge in [0.15, 0.2) is 0 Å². The molecule has 0 heterocycles. The van der Waals surface area contributed by atoms with Crippen molar-refractivity contribution in [2.24, 2.45) is 5.92 Å². The van der Waals surface area contributed by atoms with Crippen LogP contribution >= 0.6 is 24.0 Å². The first-order chi connectivity index (χ1) is 12.5. The first-order valence-electron chi connectivity index (χ1n) is 11.5. The maximum Gasteiger partial charge on any atom is 0.0636 e. The molecule has 2 N–H and O–H groups in total. The average Bonchev–Trinajstić information content (AvgIpc) is 2.58. The number of aliphatic hydroxyl groups excluding tert-OH is 1. The minimum Gasteiger partial charge on any atom is -0.392 e. The van der Waals surface area contributed by atoms with Gasteiger partial charge >= 0.3 is 0 Å². The molecule has 0 aliphatic heterocycles. The average molecular weight is 427 g/mol. The van der Waals surface area contributed by atoms with Crippen LogP contribution in [-0.2, 0) is 0 Å². The molecule has 0 fully saturated rings. The summed E-state index contributed by atoms with van der Waals surface area (Å²) in [4.78, 5) is 0. The molecule has 27 heavy (non-hydrogen) atoms. The molecule has 4 heteroatoms. The Labute approximate surface area is 182 Å². The monoisotopic (exact) mass is 425 g/mol. The molecule has 0 saturated heterocycles. The standard InChI is InChI=1S/C23H48ClNO.ClH/c1-21(2)16-14-12-10-8-6-4-5-7-9-11-13-15-17-23(24)18-19-25-20-22(3)26;/h21-23,25-26H,4-20H2,1-3H3;1H. The van der Waals surface area contributed by atoms with Crippen LogP contribution in [-0.4, -0.2) is 29.7 Å². The molecule has 2 atom stereocenters. The minimum absolute atomic E-state index is 0. The van der Waals surface area contributed by atoms with E-state index in [4.69, 9.17) is 11.6 Å². The van der Waals surface area contributed by atoms with Crippen LogP contribution in [0, 0.1) is 5.92 Å². The quantitative estimate of drug-likeness (QED) is 0.156. The second-order valence-corrected chi connectivity index (χ2v) is 9.27. The van der Waals surface area contributed by atoms with Crippen molar-refractivity contribution in [3.63, 3.8) is 0 Å². The van der Waals surface area contributed by atoms with E-state index in [0.717, 1.165) is 25.3 Å². The van der Waals surface area contributed by atoms with Gasteiger partial charge in [0.2, 0.25) is 0 Å². The van der Waals surface area contributed by atoms with E-state index in [0.29, 0.717) is 6.54 Å². The van der Waals surface area contributed by atoms with E-state index in [1.165, 1.54) is 83.5 Å². The maximum absolute atomic E-state index is 9.17. The van der Waals surface area contributed by atoms with E-state index in [1.54, 1.807) is 6.92 Å². The van der Waals surface area contributed by atoms with Gasteiger partial charge in [-0.05, 0) is 32.2 Å². The lowest BCUT2D eigenvalue weighted by Gasteiger charge is -2.11. The second kappa shape index (κ2) is 22.8. The summed E-state index contributed by atoms with van der Waals surface area (Å²) in [6, 6.07) is 0. The lowest BCUT2D eigenvalue weighted by atomic mass is 10.0. The van der Waals surface area contributed by atoms with Crippen LogP contribution in [0.3, 0.4) is 0 Å². The van der Waals surface area contributed by atoms with Gasteiger partial charge in [0, 0.05) is 11.9 Å². The van der Waals surface area contributed by atoms with Gasteiger partial charge in [0.25, 0.3) is 0 Å². The Balaban J connectivity index is 0. The van der Waals surface area contributed by atoms with Gasteiger partial charge in [-0.2, -0.15) is 0 Å². The summed E-state index contributed by atoms with van der Waals surface area (Å²) in [5.41, 5.74) is 0. The molecule has 0 aromatic heterocycles. The SMILES string of the molecule is CC(C)CCCCCCCCCCCCCCC(Cl)CCNCC(C)O.Cl. The number of hydrogen-bond donors (Lipinski definition) is 2. The van der Waals surface area contributed by atoms with Crippen LogP contribution in [0.25, 0.3) is 0 Å². The summed E-state index contributed by atoms with van der Waals surface area (Å²) >= 11 is 6.35. The van der Waals surface area contributed by atoms with E-state index < -0.39 is 0 Å². The number of alkyl halides is 1. The first kappa shape index (κ1) is 29.7. The molecule has 0 aliphatic rings. The molecule has 0 bridgehead atoms. The molecule has 0 aliphatic carbocycles. The lowest BCUT2D eigenvalue weighted by molar-refractivity contribution is 0.191. The predicted molar refractivity (Wildman–Crippen MR) is 126 cm³/mol. The number of halogens is 2. The molecule has 0 radical (unpaired) electrons. The van der Waals surface area contributed by atoms with Gasteiger partial charge in [-0.1, -0.05) is 97.3 Å². The Morgan fingerprint density at radius 2 is 1.07 bits per heavy atom. The molecular formula is C23H49Cl2NO. The zero-order chi connectivity index (χ0) is 19.5. The molecule has 0 saturated carbocycles. The number of nitrogens with one attached hydrogen (secondary N) is 1. The Bertz CT molecular complexity index is 275. The van der Waals surface area contributed by atoms with Crippen LogP contribution < -0.4 is 5.32 Å². The zero-order valence-electron chi connectivity index (χ0n) is 18.5. The van der Waals surface area contributed by atoms with Gasteiger partial charge in [0.05, 0.1) is 6.10 Å². The summed E-state index contributed by atoms with van der Waals surface area (Å²) in [6.07, 6.45) is 20.1. The summed E-state index contributed by atoms with van der Waals surface area (Å²) < 4.78 is 0. The van der Waals surface area contributed by atoms with Crippen LogP contribution in [0.4, 0.5) is 0 Å². The highest BCUT2D eigenvalue weighted by Crippen LogP contribution is 2.16. The van der Waals surface area contributed by atoms with E-state index in [9.17, 15) is 5.11 Å². The van der Waals surface area contributed by atoms with Crippen LogP contribution in [0.2, 0.25) is 0 Å². The number of hydrogen-bond acceptors (Lipinski definition) is 2.